The molecule has 6 rings (SSSR count). The van der Waals surface area contributed by atoms with Crippen molar-refractivity contribution in [2.75, 3.05) is 19.5 Å². The van der Waals surface area contributed by atoms with Gasteiger partial charge in [0, 0.05) is 37.6 Å². The minimum atomic E-state index is -1.89. The second kappa shape index (κ2) is 14.8. The van der Waals surface area contributed by atoms with Gasteiger partial charge in [-0.15, -0.1) is 0 Å². The number of aromatic amines is 1. The van der Waals surface area contributed by atoms with E-state index in [0.717, 1.165) is 22.9 Å². The van der Waals surface area contributed by atoms with Crippen molar-refractivity contribution in [3.8, 4) is 0 Å². The number of hydrogen-bond acceptors (Lipinski definition) is 13. The first-order chi connectivity index (χ1) is 24.5. The van der Waals surface area contributed by atoms with Gasteiger partial charge in [-0.05, 0) is 12.1 Å². The lowest BCUT2D eigenvalue weighted by Gasteiger charge is -2.35. The van der Waals surface area contributed by atoms with Crippen molar-refractivity contribution >= 4 is 29.1 Å². The molecule has 0 bridgehead atoms. The van der Waals surface area contributed by atoms with Crippen LogP contribution in [0.25, 0.3) is 0 Å². The fourth-order valence-corrected chi connectivity index (χ4v) is 5.99. The number of aliphatic hydroxyl groups is 2. The van der Waals surface area contributed by atoms with Crippen LogP contribution in [0.1, 0.15) is 17.4 Å². The lowest BCUT2D eigenvalue weighted by atomic mass is 10.0. The Hall–Kier alpha value is -5.50. The summed E-state index contributed by atoms with van der Waals surface area (Å²) in [4.78, 5) is 70.5. The van der Waals surface area contributed by atoms with Gasteiger partial charge >= 0.3 is 5.69 Å². The molecule has 4 heterocycles. The summed E-state index contributed by atoms with van der Waals surface area (Å²) in [6.45, 7) is 0. The molecule has 9 atom stereocenters. The van der Waals surface area contributed by atoms with E-state index in [-0.39, 0.29) is 0 Å². The van der Waals surface area contributed by atoms with Crippen LogP contribution in [0.3, 0.4) is 0 Å². The van der Waals surface area contributed by atoms with Gasteiger partial charge in [-0.3, -0.25) is 28.7 Å². The lowest BCUT2D eigenvalue weighted by Crippen LogP contribution is -2.54. The van der Waals surface area contributed by atoms with Gasteiger partial charge in [0.05, 0.1) is 11.4 Å². The highest BCUT2D eigenvalue weighted by molar-refractivity contribution is 6.20. The molecule has 0 radical (unpaired) electrons. The predicted molar refractivity (Wildman–Crippen MR) is 175 cm³/mol. The van der Waals surface area contributed by atoms with E-state index in [2.05, 4.69) is 20.6 Å². The number of nitrogens with one attached hydrogen (secondary N) is 3. The summed E-state index contributed by atoms with van der Waals surface area (Å²) in [5.74, 6) is -3.39. The molecule has 1 saturated heterocycles. The van der Waals surface area contributed by atoms with Crippen molar-refractivity contribution in [2.24, 2.45) is 10.7 Å². The molecule has 2 aromatic carbocycles. The number of nitrogens with two attached hydrogens (primary N) is 1. The molecular weight excluding hydrogens is 672 g/mol. The number of methoxy groups -OCH3 is 2. The number of benzene rings is 2. The maximum absolute atomic E-state index is 13.5. The highest BCUT2D eigenvalue weighted by Gasteiger charge is 2.53. The van der Waals surface area contributed by atoms with Crippen LogP contribution in [0.2, 0.25) is 0 Å². The van der Waals surface area contributed by atoms with Crippen LogP contribution < -0.4 is 27.6 Å². The molecule has 51 heavy (non-hydrogen) atoms. The second-order valence-electron chi connectivity index (χ2n) is 11.6. The zero-order valence-electron chi connectivity index (χ0n) is 27.1. The minimum absolute atomic E-state index is 0.412. The van der Waals surface area contributed by atoms with Crippen LogP contribution >= 0.6 is 0 Å². The number of ether oxygens (including phenoxy) is 5. The summed E-state index contributed by atoms with van der Waals surface area (Å²) in [6.07, 6.45) is -11.5. The Bertz CT molecular complexity index is 1980. The fourth-order valence-electron chi connectivity index (χ4n) is 5.99. The number of carbonyl (C=O) groups is 3. The summed E-state index contributed by atoms with van der Waals surface area (Å²) in [5.41, 5.74) is 6.34. The molecule has 0 aliphatic carbocycles. The molecule has 18 nitrogen and oxygen atoms in total. The molecule has 1 fully saturated rings. The third kappa shape index (κ3) is 7.09. The van der Waals surface area contributed by atoms with E-state index in [1.54, 1.807) is 48.5 Å². The van der Waals surface area contributed by atoms with E-state index in [9.17, 15) is 34.2 Å². The van der Waals surface area contributed by atoms with Crippen LogP contribution in [0.4, 0.5) is 5.69 Å². The first-order valence-corrected chi connectivity index (χ1v) is 15.6. The molecule has 268 valence electrons. The van der Waals surface area contributed by atoms with E-state index in [4.69, 9.17) is 29.4 Å². The highest BCUT2D eigenvalue weighted by Crippen LogP contribution is 2.36. The first-order valence-electron chi connectivity index (χ1n) is 15.6. The molecule has 3 aromatic rings. The number of primary amides is 1. The predicted octanol–water partition coefficient (Wildman–Crippen LogP) is -1.77. The number of carbonyl (C=O) groups excluding carboxylic acids is 3. The van der Waals surface area contributed by atoms with Crippen LogP contribution in [0.15, 0.2) is 93.3 Å². The number of aliphatic imine (C=N–C) groups is 1. The van der Waals surface area contributed by atoms with Gasteiger partial charge < -0.3 is 50.3 Å². The molecule has 3 aliphatic rings. The third-order valence-electron chi connectivity index (χ3n) is 8.43. The van der Waals surface area contributed by atoms with Crippen LogP contribution in [-0.2, 0) is 38.1 Å². The quantitative estimate of drug-likeness (QED) is 0.137. The average molecular weight is 707 g/mol. The normalized spacial score (nSPS) is 27.9. The molecule has 0 saturated carbocycles. The van der Waals surface area contributed by atoms with Crippen molar-refractivity contribution < 1.29 is 48.3 Å². The zero-order valence-corrected chi connectivity index (χ0v) is 27.1. The Morgan fingerprint density at radius 3 is 2.39 bits per heavy atom. The van der Waals surface area contributed by atoms with Gasteiger partial charge in [0.1, 0.15) is 30.5 Å². The monoisotopic (exact) mass is 706 g/mol. The van der Waals surface area contributed by atoms with Crippen LogP contribution in [0.5, 0.6) is 0 Å². The van der Waals surface area contributed by atoms with E-state index >= 15 is 0 Å². The van der Waals surface area contributed by atoms with Crippen molar-refractivity contribution in [1.82, 2.24) is 14.9 Å². The van der Waals surface area contributed by atoms with E-state index < -0.39 is 90.0 Å². The number of rotatable bonds is 10. The maximum Gasteiger partial charge on any atom is 0.330 e. The minimum Gasteiger partial charge on any atom is -0.456 e. The van der Waals surface area contributed by atoms with Gasteiger partial charge in [-0.25, -0.2) is 9.79 Å². The molecule has 3 amide bonds. The van der Waals surface area contributed by atoms with Crippen molar-refractivity contribution in [2.45, 2.75) is 55.3 Å². The first kappa shape index (κ1) is 35.3. The summed E-state index contributed by atoms with van der Waals surface area (Å²) >= 11 is 0. The Morgan fingerprint density at radius 2 is 1.71 bits per heavy atom. The maximum atomic E-state index is 13.5. The number of hydrogen-bond donors (Lipinski definition) is 6. The summed E-state index contributed by atoms with van der Waals surface area (Å²) in [7, 11) is 2.57. The average Bonchev–Trinajstić information content (AvgIpc) is 3.41. The van der Waals surface area contributed by atoms with Gasteiger partial charge in [-0.1, -0.05) is 48.5 Å². The molecule has 0 spiro atoms. The van der Waals surface area contributed by atoms with Crippen LogP contribution in [0, 0.1) is 0 Å². The molecule has 1 aromatic heterocycles. The standard InChI is InChI=1S/C33H34N6O12/c1-47-23-24(50-31(26(23)48-2)39-13-12-20(41)36-33(39)46)25(27(34)43)51-32-22(42)18(40)14-19(49-32)29(44)38-28-30(45)35-17-11-7-6-10-16(17)21(37-28)15-8-4-3-5-9-15/h3-14,18,22-26,28,31-32,40,42H,1-2H3,(H2,34,43)(H,35,45)(H,38,44)(H,36,41,46)/t18?,22?,23?,24-,25?,26?,28?,31+,32+/m0/s1. The molecule has 6 unspecified atom stereocenters. The zero-order chi connectivity index (χ0) is 36.4. The van der Waals surface area contributed by atoms with Gasteiger partial charge in [-0.2, -0.15) is 0 Å². The van der Waals surface area contributed by atoms with Gasteiger partial charge in [0.25, 0.3) is 17.4 Å². The number of nitrogens with zero attached hydrogens (tertiary/aromatic N) is 2. The van der Waals surface area contributed by atoms with Crippen molar-refractivity contribution in [1.29, 1.82) is 0 Å². The molecule has 18 heteroatoms. The Kier molecular flexibility index (Phi) is 10.2. The number of anilines is 1. The van der Waals surface area contributed by atoms with Crippen LogP contribution in [-0.4, -0.2) is 106 Å². The van der Waals surface area contributed by atoms with Gasteiger partial charge in [0.2, 0.25) is 18.4 Å². The second-order valence-corrected chi connectivity index (χ2v) is 11.6. The number of amides is 3. The summed E-state index contributed by atoms with van der Waals surface area (Å²) in [5, 5.41) is 26.7. The van der Waals surface area contributed by atoms with E-state index in [1.165, 1.54) is 14.2 Å². The number of para-hydroxylation sites is 1. The number of aromatic nitrogens is 2. The Morgan fingerprint density at radius 1 is 1.00 bits per heavy atom. The Balaban J connectivity index is 1.23. The number of benzodiazepines with no additional fused rings is 1. The SMILES string of the molecule is COC1C(OC)[C@H](n2ccc(=O)[nH]c2=O)O[C@@H]1C(O[C@H]1OC(C(=O)NC2N=C(c3ccccc3)c3ccccc3NC2=O)=CC(O)C1O)C(N)=O. The highest BCUT2D eigenvalue weighted by atomic mass is 16.7. The van der Waals surface area contributed by atoms with E-state index in [1.807, 2.05) is 6.07 Å². The third-order valence-corrected chi connectivity index (χ3v) is 8.43. The fraction of sp³-hybridized carbons (Fsp3) is 0.333. The smallest absolute Gasteiger partial charge is 0.330 e. The summed E-state index contributed by atoms with van der Waals surface area (Å²) < 4.78 is 29.4. The van der Waals surface area contributed by atoms with Crippen molar-refractivity contribution in [3.63, 3.8) is 0 Å². The number of aliphatic hydroxyl groups excluding tert-OH is 2. The number of H-pyrrole nitrogens is 1. The largest absolute Gasteiger partial charge is 0.456 e. The lowest BCUT2D eigenvalue weighted by molar-refractivity contribution is -0.241. The number of fused-ring (bicyclic) bond motifs is 1. The molecule has 3 aliphatic heterocycles. The Labute approximate surface area is 288 Å². The molecule has 7 N–H and O–H groups in total. The van der Waals surface area contributed by atoms with Crippen molar-refractivity contribution in [3.05, 3.63) is 111 Å². The molecular formula is C33H34N6O12. The van der Waals surface area contributed by atoms with Gasteiger partial charge in [0.15, 0.2) is 18.1 Å². The summed E-state index contributed by atoms with van der Waals surface area (Å²) in [6, 6.07) is 17.1. The topological polar surface area (TPSA) is 255 Å². The van der Waals surface area contributed by atoms with E-state index in [0.29, 0.717) is 22.5 Å².